The molecular formula is C19H23F3N2O8. The van der Waals surface area contributed by atoms with Gasteiger partial charge in [-0.1, -0.05) is 18.2 Å². The Balaban J connectivity index is 2.05. The molecule has 13 heteroatoms. The Kier molecular flexibility index (Phi) is 7.27. The summed E-state index contributed by atoms with van der Waals surface area (Å²) in [5.74, 6) is -0.896. The molecule has 0 saturated carbocycles. The minimum atomic E-state index is -4.92. The Morgan fingerprint density at radius 2 is 1.75 bits per heavy atom. The summed E-state index contributed by atoms with van der Waals surface area (Å²) in [6, 6.07) is 5.69. The van der Waals surface area contributed by atoms with E-state index in [1.54, 1.807) is 0 Å². The molecule has 1 aromatic carbocycles. The lowest BCUT2D eigenvalue weighted by atomic mass is 9.99. The molecule has 0 spiro atoms. The number of hydrogen-bond acceptors (Lipinski definition) is 9. The van der Waals surface area contributed by atoms with Gasteiger partial charge in [-0.05, 0) is 11.6 Å². The van der Waals surface area contributed by atoms with Crippen molar-refractivity contribution in [3.63, 3.8) is 0 Å². The molecule has 10 nitrogen and oxygen atoms in total. The van der Waals surface area contributed by atoms with E-state index in [-0.39, 0.29) is 11.3 Å². The number of alkyl halides is 3. The molecule has 1 aromatic heterocycles. The van der Waals surface area contributed by atoms with E-state index in [1.165, 1.54) is 24.3 Å². The average molecular weight is 464 g/mol. The number of rotatable bonds is 7. The van der Waals surface area contributed by atoms with Crippen molar-refractivity contribution < 1.29 is 53.3 Å². The molecular weight excluding hydrogens is 441 g/mol. The van der Waals surface area contributed by atoms with Gasteiger partial charge in [-0.25, -0.2) is 0 Å². The quantitative estimate of drug-likeness (QED) is 0.314. The van der Waals surface area contributed by atoms with Crippen molar-refractivity contribution in [2.45, 2.75) is 49.8 Å². The molecule has 32 heavy (non-hydrogen) atoms. The SMILES string of the molecule is OCCn1nc(O[C@@H]2O[C@H](CO)[C@@H](O)[C@H](O)[C@H]2O)c(Cc2ccccc2O)c1C(F)(F)F. The highest BCUT2D eigenvalue weighted by Gasteiger charge is 2.46. The average Bonchev–Trinajstić information content (AvgIpc) is 3.07. The van der Waals surface area contributed by atoms with Crippen LogP contribution in [-0.4, -0.2) is 84.3 Å². The molecule has 178 valence electrons. The molecule has 1 aliphatic heterocycles. The maximum atomic E-state index is 13.9. The first-order valence-corrected chi connectivity index (χ1v) is 9.60. The van der Waals surface area contributed by atoms with E-state index in [2.05, 4.69) is 5.10 Å². The summed E-state index contributed by atoms with van der Waals surface area (Å²) in [5, 5.41) is 62.2. The van der Waals surface area contributed by atoms with Gasteiger partial charge in [-0.2, -0.15) is 13.2 Å². The third-order valence-electron chi connectivity index (χ3n) is 5.03. The fraction of sp³-hybridized carbons (Fsp3) is 0.526. The van der Waals surface area contributed by atoms with E-state index in [4.69, 9.17) is 9.47 Å². The molecule has 2 aromatic rings. The monoisotopic (exact) mass is 464 g/mol. The van der Waals surface area contributed by atoms with Crippen LogP contribution in [0.4, 0.5) is 13.2 Å². The normalized spacial score (nSPS) is 26.3. The largest absolute Gasteiger partial charge is 0.508 e. The fourth-order valence-electron chi connectivity index (χ4n) is 3.43. The molecule has 6 N–H and O–H groups in total. The molecule has 2 heterocycles. The predicted octanol–water partition coefficient (Wildman–Crippen LogP) is -0.631. The van der Waals surface area contributed by atoms with E-state index in [1.807, 2.05) is 0 Å². The molecule has 3 rings (SSSR count). The number of aliphatic hydroxyl groups is 5. The van der Waals surface area contributed by atoms with Crippen molar-refractivity contribution in [2.75, 3.05) is 13.2 Å². The lowest BCUT2D eigenvalue weighted by Crippen LogP contribution is -2.60. The van der Waals surface area contributed by atoms with Crippen LogP contribution in [-0.2, 0) is 23.9 Å². The van der Waals surface area contributed by atoms with Crippen molar-refractivity contribution in [3.05, 3.63) is 41.1 Å². The van der Waals surface area contributed by atoms with Gasteiger partial charge in [-0.15, -0.1) is 5.10 Å². The van der Waals surface area contributed by atoms with E-state index in [0.29, 0.717) is 4.68 Å². The van der Waals surface area contributed by atoms with Gasteiger partial charge in [-0.3, -0.25) is 4.68 Å². The highest BCUT2D eigenvalue weighted by Crippen LogP contribution is 2.39. The number of hydrogen-bond donors (Lipinski definition) is 6. The number of benzene rings is 1. The predicted molar refractivity (Wildman–Crippen MR) is 99.6 cm³/mol. The zero-order chi connectivity index (χ0) is 23.6. The molecule has 0 aliphatic carbocycles. The second-order valence-electron chi connectivity index (χ2n) is 7.20. The topological polar surface area (TPSA) is 158 Å². The molecule has 1 saturated heterocycles. The highest BCUT2D eigenvalue weighted by molar-refractivity contribution is 5.42. The van der Waals surface area contributed by atoms with Gasteiger partial charge in [0.1, 0.15) is 35.9 Å². The van der Waals surface area contributed by atoms with Crippen LogP contribution in [0.25, 0.3) is 0 Å². The van der Waals surface area contributed by atoms with Crippen molar-refractivity contribution >= 4 is 0 Å². The molecule has 1 fully saturated rings. The summed E-state index contributed by atoms with van der Waals surface area (Å²) >= 11 is 0. The van der Waals surface area contributed by atoms with Crippen molar-refractivity contribution in [1.82, 2.24) is 9.78 Å². The van der Waals surface area contributed by atoms with Crippen LogP contribution < -0.4 is 4.74 Å². The van der Waals surface area contributed by atoms with Crippen LogP contribution in [0.2, 0.25) is 0 Å². The summed E-state index contributed by atoms with van der Waals surface area (Å²) in [5.41, 5.74) is -1.63. The zero-order valence-corrected chi connectivity index (χ0v) is 16.6. The maximum absolute atomic E-state index is 13.9. The second kappa shape index (κ2) is 9.60. The fourth-order valence-corrected chi connectivity index (χ4v) is 3.43. The number of ether oxygens (including phenoxy) is 2. The molecule has 5 atom stereocenters. The number of aromatic hydroxyl groups is 1. The molecule has 0 unspecified atom stereocenters. The Labute approximate surface area is 179 Å². The van der Waals surface area contributed by atoms with Gasteiger partial charge in [0.25, 0.3) is 0 Å². The zero-order valence-electron chi connectivity index (χ0n) is 16.6. The lowest BCUT2D eigenvalue weighted by Gasteiger charge is -2.39. The molecule has 1 aliphatic rings. The Bertz CT molecular complexity index is 920. The van der Waals surface area contributed by atoms with E-state index in [0.717, 1.165) is 0 Å². The van der Waals surface area contributed by atoms with Crippen LogP contribution in [0.5, 0.6) is 11.6 Å². The first-order valence-electron chi connectivity index (χ1n) is 9.60. The number of nitrogens with zero attached hydrogens (tertiary/aromatic N) is 2. The van der Waals surface area contributed by atoms with Gasteiger partial charge >= 0.3 is 6.18 Å². The van der Waals surface area contributed by atoms with Gasteiger partial charge < -0.3 is 40.1 Å². The minimum Gasteiger partial charge on any atom is -0.508 e. The first-order chi connectivity index (χ1) is 15.1. The Morgan fingerprint density at radius 3 is 2.34 bits per heavy atom. The van der Waals surface area contributed by atoms with Crippen LogP contribution in [0.1, 0.15) is 16.8 Å². The van der Waals surface area contributed by atoms with E-state index in [9.17, 15) is 43.8 Å². The van der Waals surface area contributed by atoms with E-state index < -0.39 is 80.2 Å². The number of aromatic nitrogens is 2. The minimum absolute atomic E-state index is 0.125. The van der Waals surface area contributed by atoms with Crippen LogP contribution in [0.3, 0.4) is 0 Å². The van der Waals surface area contributed by atoms with Crippen molar-refractivity contribution in [2.24, 2.45) is 0 Å². The highest BCUT2D eigenvalue weighted by atomic mass is 19.4. The second-order valence-corrected chi connectivity index (χ2v) is 7.20. The number of aliphatic hydroxyl groups excluding tert-OH is 5. The summed E-state index contributed by atoms with van der Waals surface area (Å²) < 4.78 is 52.7. The molecule has 0 amide bonds. The van der Waals surface area contributed by atoms with Crippen LogP contribution in [0, 0.1) is 0 Å². The third kappa shape index (κ3) is 4.82. The van der Waals surface area contributed by atoms with E-state index >= 15 is 0 Å². The Morgan fingerprint density at radius 1 is 1.06 bits per heavy atom. The summed E-state index contributed by atoms with van der Waals surface area (Å²) in [6.45, 7) is -1.96. The van der Waals surface area contributed by atoms with Crippen molar-refractivity contribution in [1.29, 1.82) is 0 Å². The van der Waals surface area contributed by atoms with Gasteiger partial charge in [0.15, 0.2) is 0 Å². The first kappa shape index (κ1) is 24.2. The van der Waals surface area contributed by atoms with Gasteiger partial charge in [0.05, 0.1) is 25.3 Å². The summed E-state index contributed by atoms with van der Waals surface area (Å²) in [6.07, 6.45) is -13.9. The Hall–Kier alpha value is -2.42. The summed E-state index contributed by atoms with van der Waals surface area (Å²) in [4.78, 5) is 0. The molecule has 0 radical (unpaired) electrons. The summed E-state index contributed by atoms with van der Waals surface area (Å²) in [7, 11) is 0. The number of para-hydroxylation sites is 1. The standard InChI is InChI=1S/C19H23F3N2O8/c20-19(21,22)16-10(7-9-3-1-2-4-11(9)27)17(23-24(16)5-6-25)32-18-15(30)14(29)13(28)12(8-26)31-18/h1-4,12-15,18,25-30H,5-8H2/t12-,13-,14+,15-,18+/m1/s1. The van der Waals surface area contributed by atoms with Gasteiger partial charge in [0.2, 0.25) is 12.2 Å². The van der Waals surface area contributed by atoms with Gasteiger partial charge in [0, 0.05) is 6.42 Å². The lowest BCUT2D eigenvalue weighted by molar-refractivity contribution is -0.278. The number of phenols is 1. The third-order valence-corrected chi connectivity index (χ3v) is 5.03. The van der Waals surface area contributed by atoms with Crippen LogP contribution in [0.15, 0.2) is 24.3 Å². The maximum Gasteiger partial charge on any atom is 0.433 e. The van der Waals surface area contributed by atoms with Crippen molar-refractivity contribution in [3.8, 4) is 11.6 Å². The molecule has 0 bridgehead atoms. The number of phenolic OH excluding ortho intramolecular Hbond substituents is 1. The number of halogens is 3. The smallest absolute Gasteiger partial charge is 0.433 e. The van der Waals surface area contributed by atoms with Crippen LogP contribution >= 0.6 is 0 Å².